The molecule has 26 heavy (non-hydrogen) atoms. The van der Waals surface area contributed by atoms with E-state index in [1.165, 1.54) is 13.3 Å². The van der Waals surface area contributed by atoms with E-state index in [9.17, 15) is 13.2 Å². The van der Waals surface area contributed by atoms with Crippen LogP contribution in [0.15, 0.2) is 52.1 Å². The molecule has 2 aromatic rings. The van der Waals surface area contributed by atoms with Crippen molar-refractivity contribution in [2.24, 2.45) is 0 Å². The second-order valence-electron chi connectivity index (χ2n) is 6.10. The normalized spacial score (nSPS) is 15.7. The van der Waals surface area contributed by atoms with E-state index < -0.39 is 15.1 Å². The van der Waals surface area contributed by atoms with Gasteiger partial charge in [-0.25, -0.2) is 8.42 Å². The second-order valence-corrected chi connectivity index (χ2v) is 9.25. The number of methoxy groups -OCH3 is 1. The number of hydrogen-bond donors (Lipinski definition) is 0. The Morgan fingerprint density at radius 1 is 1.19 bits per heavy atom. The summed E-state index contributed by atoms with van der Waals surface area (Å²) in [5.74, 6) is 0.492. The van der Waals surface area contributed by atoms with Crippen molar-refractivity contribution in [3.05, 3.63) is 52.8 Å². The molecule has 0 bridgehead atoms. The molecule has 2 heterocycles. The van der Waals surface area contributed by atoms with Crippen molar-refractivity contribution in [2.75, 3.05) is 20.2 Å². The zero-order valence-electron chi connectivity index (χ0n) is 14.3. The predicted molar refractivity (Wildman–Crippen MR) is 101 cm³/mol. The highest BCUT2D eigenvalue weighted by atomic mass is 79.9. The minimum atomic E-state index is -3.42. The maximum Gasteiger partial charge on any atom is 0.255 e. The van der Waals surface area contributed by atoms with E-state index in [2.05, 4.69) is 20.9 Å². The third kappa shape index (κ3) is 3.91. The Morgan fingerprint density at radius 2 is 1.85 bits per heavy atom. The summed E-state index contributed by atoms with van der Waals surface area (Å²) in [5.41, 5.74) is 0.496. The molecule has 1 amide bonds. The fraction of sp³-hybridized carbons (Fsp3) is 0.333. The minimum Gasteiger partial charge on any atom is -0.497 e. The number of hydrogen-bond acceptors (Lipinski definition) is 5. The van der Waals surface area contributed by atoms with E-state index in [4.69, 9.17) is 4.74 Å². The Morgan fingerprint density at radius 3 is 2.42 bits per heavy atom. The molecule has 0 unspecified atom stereocenters. The summed E-state index contributed by atoms with van der Waals surface area (Å²) >= 11 is 3.30. The van der Waals surface area contributed by atoms with Gasteiger partial charge in [-0.15, -0.1) is 0 Å². The van der Waals surface area contributed by atoms with Crippen LogP contribution in [0, 0.1) is 0 Å². The number of carbonyl (C=O) groups is 1. The molecule has 0 aliphatic carbocycles. The summed E-state index contributed by atoms with van der Waals surface area (Å²) in [6.45, 7) is 0.816. The zero-order chi connectivity index (χ0) is 18.7. The molecular formula is C18H19BrN2O4S. The highest BCUT2D eigenvalue weighted by molar-refractivity contribution is 9.10. The largest absolute Gasteiger partial charge is 0.497 e. The molecule has 3 rings (SSSR count). The van der Waals surface area contributed by atoms with E-state index in [-0.39, 0.29) is 5.91 Å². The molecule has 1 aromatic heterocycles. The molecule has 0 saturated carbocycles. The van der Waals surface area contributed by atoms with E-state index in [1.54, 1.807) is 41.4 Å². The average molecular weight is 439 g/mol. The van der Waals surface area contributed by atoms with Gasteiger partial charge < -0.3 is 9.64 Å². The summed E-state index contributed by atoms with van der Waals surface area (Å²) in [6, 6.07) is 8.14. The number of halogens is 1. The fourth-order valence-corrected chi connectivity index (χ4v) is 5.14. The van der Waals surface area contributed by atoms with Crippen molar-refractivity contribution in [3.8, 4) is 5.75 Å². The lowest BCUT2D eigenvalue weighted by molar-refractivity contribution is 0.0725. The molecule has 0 atom stereocenters. The average Bonchev–Trinajstić information content (AvgIpc) is 2.67. The number of aromatic nitrogens is 1. The number of carbonyl (C=O) groups excluding carboxylic acids is 1. The first-order chi connectivity index (χ1) is 12.4. The quantitative estimate of drug-likeness (QED) is 0.733. The molecule has 1 aliphatic rings. The Bertz CT molecular complexity index is 892. The first kappa shape index (κ1) is 18.8. The highest BCUT2D eigenvalue weighted by Gasteiger charge is 2.33. The van der Waals surface area contributed by atoms with Crippen LogP contribution in [0.1, 0.15) is 23.2 Å². The van der Waals surface area contributed by atoms with E-state index in [0.29, 0.717) is 42.1 Å². The Labute approximate surface area is 161 Å². The highest BCUT2D eigenvalue weighted by Crippen LogP contribution is 2.26. The number of likely N-dealkylation sites (tertiary alicyclic amines) is 1. The Kier molecular flexibility index (Phi) is 5.62. The Hall–Kier alpha value is -1.93. The third-order valence-corrected chi connectivity index (χ3v) is 7.22. The molecule has 1 fully saturated rings. The molecule has 8 heteroatoms. The van der Waals surface area contributed by atoms with Crippen LogP contribution in [0.3, 0.4) is 0 Å². The lowest BCUT2D eigenvalue weighted by Gasteiger charge is -2.31. The van der Waals surface area contributed by atoms with Crippen LogP contribution < -0.4 is 4.74 Å². The number of benzene rings is 1. The second kappa shape index (κ2) is 7.75. The first-order valence-electron chi connectivity index (χ1n) is 8.19. The van der Waals surface area contributed by atoms with E-state index in [1.807, 2.05) is 0 Å². The van der Waals surface area contributed by atoms with Crippen molar-refractivity contribution in [3.63, 3.8) is 0 Å². The van der Waals surface area contributed by atoms with Gasteiger partial charge in [0.2, 0.25) is 0 Å². The smallest absolute Gasteiger partial charge is 0.255 e. The van der Waals surface area contributed by atoms with Crippen LogP contribution in [0.4, 0.5) is 0 Å². The fourth-order valence-electron chi connectivity index (χ4n) is 3.04. The van der Waals surface area contributed by atoms with E-state index >= 15 is 0 Å². The lowest BCUT2D eigenvalue weighted by atomic mass is 10.1. The van der Waals surface area contributed by atoms with Gasteiger partial charge in [-0.1, -0.05) is 0 Å². The number of ether oxygens (including phenoxy) is 1. The molecule has 1 aliphatic heterocycles. The molecule has 1 saturated heterocycles. The van der Waals surface area contributed by atoms with Crippen molar-refractivity contribution in [2.45, 2.75) is 23.0 Å². The number of sulfone groups is 1. The lowest BCUT2D eigenvalue weighted by Crippen LogP contribution is -2.42. The monoisotopic (exact) mass is 438 g/mol. The number of amides is 1. The summed E-state index contributed by atoms with van der Waals surface area (Å²) < 4.78 is 31.4. The topological polar surface area (TPSA) is 76.6 Å². The number of rotatable bonds is 4. The van der Waals surface area contributed by atoms with Gasteiger partial charge >= 0.3 is 0 Å². The van der Waals surface area contributed by atoms with E-state index in [0.717, 1.165) is 4.47 Å². The summed E-state index contributed by atoms with van der Waals surface area (Å²) in [4.78, 5) is 18.5. The van der Waals surface area contributed by atoms with Crippen molar-refractivity contribution < 1.29 is 17.9 Å². The first-order valence-corrected chi connectivity index (χ1v) is 10.5. The van der Waals surface area contributed by atoms with Crippen LogP contribution in [0.2, 0.25) is 0 Å². The molecule has 0 radical (unpaired) electrons. The molecule has 0 N–H and O–H groups in total. The zero-order valence-corrected chi connectivity index (χ0v) is 16.7. The number of nitrogens with zero attached hydrogens (tertiary/aromatic N) is 2. The van der Waals surface area contributed by atoms with Gasteiger partial charge in [0.25, 0.3) is 5.91 Å². The molecule has 138 valence electrons. The van der Waals surface area contributed by atoms with Crippen LogP contribution in [0.5, 0.6) is 5.75 Å². The van der Waals surface area contributed by atoms with Crippen LogP contribution in [-0.2, 0) is 9.84 Å². The summed E-state index contributed by atoms with van der Waals surface area (Å²) in [5, 5.41) is -0.486. The van der Waals surface area contributed by atoms with Gasteiger partial charge in [0.05, 0.1) is 22.8 Å². The van der Waals surface area contributed by atoms with Crippen molar-refractivity contribution >= 4 is 31.7 Å². The molecular weight excluding hydrogens is 420 g/mol. The van der Waals surface area contributed by atoms with Gasteiger partial charge in [0.1, 0.15) is 5.75 Å². The molecule has 0 spiro atoms. The summed E-state index contributed by atoms with van der Waals surface area (Å²) in [7, 11) is -1.88. The third-order valence-electron chi connectivity index (χ3n) is 4.51. The van der Waals surface area contributed by atoms with Crippen LogP contribution in [-0.4, -0.2) is 49.7 Å². The predicted octanol–water partition coefficient (Wildman–Crippen LogP) is 2.93. The van der Waals surface area contributed by atoms with Gasteiger partial charge in [-0.2, -0.15) is 0 Å². The van der Waals surface area contributed by atoms with Gasteiger partial charge in [-0.3, -0.25) is 9.78 Å². The van der Waals surface area contributed by atoms with Crippen molar-refractivity contribution in [1.82, 2.24) is 9.88 Å². The SMILES string of the molecule is COc1ccc(S(=O)(=O)C2CCN(C(=O)c3cncc(Br)c3)CC2)cc1. The molecule has 6 nitrogen and oxygen atoms in total. The minimum absolute atomic E-state index is 0.126. The number of pyridine rings is 1. The Balaban J connectivity index is 1.68. The van der Waals surface area contributed by atoms with Gasteiger partial charge in [0, 0.05) is 30.0 Å². The van der Waals surface area contributed by atoms with Gasteiger partial charge in [0.15, 0.2) is 9.84 Å². The maximum absolute atomic E-state index is 12.8. The van der Waals surface area contributed by atoms with Crippen molar-refractivity contribution in [1.29, 1.82) is 0 Å². The standard InChI is InChI=1S/C18H19BrN2O4S/c1-25-15-2-4-16(5-3-15)26(23,24)17-6-8-21(9-7-17)18(22)13-10-14(19)12-20-11-13/h2-5,10-12,17H,6-9H2,1H3. The van der Waals surface area contributed by atoms with Crippen LogP contribution in [0.25, 0.3) is 0 Å². The van der Waals surface area contributed by atoms with Gasteiger partial charge in [-0.05, 0) is 59.1 Å². The number of piperidine rings is 1. The maximum atomic E-state index is 12.8. The summed E-state index contributed by atoms with van der Waals surface area (Å²) in [6.07, 6.45) is 3.97. The molecule has 1 aromatic carbocycles. The van der Waals surface area contributed by atoms with Crippen LogP contribution >= 0.6 is 15.9 Å².